The fourth-order valence-corrected chi connectivity index (χ4v) is 2.23. The number of aromatic amines is 1. The molecule has 2 aromatic heterocycles. The van der Waals surface area contributed by atoms with Gasteiger partial charge < -0.3 is 4.74 Å². The third kappa shape index (κ3) is 2.40. The van der Waals surface area contributed by atoms with Gasteiger partial charge in [0.15, 0.2) is 0 Å². The van der Waals surface area contributed by atoms with Crippen LogP contribution in [0.15, 0.2) is 54.9 Å². The second-order valence-electron chi connectivity index (χ2n) is 4.49. The van der Waals surface area contributed by atoms with Crippen molar-refractivity contribution in [2.75, 3.05) is 7.11 Å². The number of pyridine rings is 1. The number of nitrogens with one attached hydrogen (secondary N) is 1. The predicted octanol–water partition coefficient (Wildman–Crippen LogP) is 3.07. The number of nitrogens with zero attached hydrogens (tertiary/aromatic N) is 2. The minimum atomic E-state index is 0.632. The number of benzene rings is 1. The second kappa shape index (κ2) is 5.57. The summed E-state index contributed by atoms with van der Waals surface area (Å²) in [6, 6.07) is 14.2. The molecule has 0 radical (unpaired) electrons. The predicted molar refractivity (Wildman–Crippen MR) is 77.6 cm³/mol. The number of aromatic nitrogens is 3. The third-order valence-corrected chi connectivity index (χ3v) is 3.20. The molecule has 0 amide bonds. The van der Waals surface area contributed by atoms with Gasteiger partial charge in [0.1, 0.15) is 0 Å². The highest BCUT2D eigenvalue weighted by molar-refractivity contribution is 5.65. The van der Waals surface area contributed by atoms with Gasteiger partial charge in [0.25, 0.3) is 0 Å². The van der Waals surface area contributed by atoms with Crippen LogP contribution in [-0.4, -0.2) is 22.3 Å². The molecule has 1 N–H and O–H groups in total. The molecule has 100 valence electrons. The van der Waals surface area contributed by atoms with E-state index in [0.29, 0.717) is 5.88 Å². The van der Waals surface area contributed by atoms with E-state index in [4.69, 9.17) is 4.74 Å². The Morgan fingerprint density at radius 2 is 1.95 bits per heavy atom. The van der Waals surface area contributed by atoms with Crippen LogP contribution in [0.3, 0.4) is 0 Å². The molecule has 0 aliphatic heterocycles. The van der Waals surface area contributed by atoms with Crippen LogP contribution in [0.5, 0.6) is 5.88 Å². The SMILES string of the molecule is COc1n[nH]c(-c2cccnc2)c1Cc1ccccc1. The molecule has 0 atom stereocenters. The molecule has 2 heterocycles. The van der Waals surface area contributed by atoms with E-state index in [2.05, 4.69) is 27.3 Å². The van der Waals surface area contributed by atoms with Crippen LogP contribution in [0, 0.1) is 0 Å². The van der Waals surface area contributed by atoms with Gasteiger partial charge in [-0.3, -0.25) is 10.1 Å². The van der Waals surface area contributed by atoms with Crippen LogP contribution in [-0.2, 0) is 6.42 Å². The third-order valence-electron chi connectivity index (χ3n) is 3.20. The number of hydrogen-bond donors (Lipinski definition) is 1. The van der Waals surface area contributed by atoms with E-state index in [9.17, 15) is 0 Å². The Labute approximate surface area is 117 Å². The normalized spacial score (nSPS) is 10.4. The molecule has 0 aliphatic carbocycles. The molecule has 0 bridgehead atoms. The highest BCUT2D eigenvalue weighted by atomic mass is 16.5. The molecule has 20 heavy (non-hydrogen) atoms. The van der Waals surface area contributed by atoms with Crippen molar-refractivity contribution in [3.05, 3.63) is 66.0 Å². The highest BCUT2D eigenvalue weighted by Gasteiger charge is 2.15. The lowest BCUT2D eigenvalue weighted by molar-refractivity contribution is 0.393. The maximum atomic E-state index is 5.36. The first-order chi connectivity index (χ1) is 9.88. The van der Waals surface area contributed by atoms with Gasteiger partial charge >= 0.3 is 0 Å². The first kappa shape index (κ1) is 12.4. The summed E-state index contributed by atoms with van der Waals surface area (Å²) in [7, 11) is 1.64. The molecule has 0 saturated carbocycles. The van der Waals surface area contributed by atoms with Crippen molar-refractivity contribution in [1.29, 1.82) is 0 Å². The average Bonchev–Trinajstić information content (AvgIpc) is 2.92. The van der Waals surface area contributed by atoms with E-state index in [-0.39, 0.29) is 0 Å². The zero-order valence-electron chi connectivity index (χ0n) is 11.2. The van der Waals surface area contributed by atoms with Crippen LogP contribution in [0.25, 0.3) is 11.3 Å². The number of ether oxygens (including phenoxy) is 1. The summed E-state index contributed by atoms with van der Waals surface area (Å²) in [5, 5.41) is 7.28. The average molecular weight is 265 g/mol. The second-order valence-corrected chi connectivity index (χ2v) is 4.49. The molecule has 4 nitrogen and oxygen atoms in total. The van der Waals surface area contributed by atoms with E-state index < -0.39 is 0 Å². The largest absolute Gasteiger partial charge is 0.480 e. The molecule has 3 rings (SSSR count). The Bertz CT molecular complexity index is 677. The van der Waals surface area contributed by atoms with Gasteiger partial charge in [0, 0.05) is 29.9 Å². The molecule has 0 spiro atoms. The zero-order chi connectivity index (χ0) is 13.8. The van der Waals surface area contributed by atoms with Crippen molar-refractivity contribution in [3.63, 3.8) is 0 Å². The van der Waals surface area contributed by atoms with Gasteiger partial charge in [-0.15, -0.1) is 5.10 Å². The minimum absolute atomic E-state index is 0.632. The highest BCUT2D eigenvalue weighted by Crippen LogP contribution is 2.29. The first-order valence-electron chi connectivity index (χ1n) is 6.44. The lowest BCUT2D eigenvalue weighted by atomic mass is 10.0. The van der Waals surface area contributed by atoms with Gasteiger partial charge in [-0.05, 0) is 17.7 Å². The van der Waals surface area contributed by atoms with Gasteiger partial charge in [-0.1, -0.05) is 30.3 Å². The van der Waals surface area contributed by atoms with E-state index in [1.54, 1.807) is 13.3 Å². The van der Waals surface area contributed by atoms with Crippen molar-refractivity contribution >= 4 is 0 Å². The molecule has 0 unspecified atom stereocenters. The number of H-pyrrole nitrogens is 1. The summed E-state index contributed by atoms with van der Waals surface area (Å²) in [6.07, 6.45) is 4.35. The van der Waals surface area contributed by atoms with Gasteiger partial charge in [0.05, 0.1) is 12.8 Å². The lowest BCUT2D eigenvalue weighted by Gasteiger charge is -2.05. The van der Waals surface area contributed by atoms with Crippen LogP contribution < -0.4 is 4.74 Å². The Hall–Kier alpha value is -2.62. The smallest absolute Gasteiger partial charge is 0.236 e. The Morgan fingerprint density at radius 1 is 1.10 bits per heavy atom. The summed E-state index contributed by atoms with van der Waals surface area (Å²) in [5.74, 6) is 0.632. The number of hydrogen-bond acceptors (Lipinski definition) is 3. The van der Waals surface area contributed by atoms with Crippen molar-refractivity contribution < 1.29 is 4.74 Å². The van der Waals surface area contributed by atoms with Gasteiger partial charge in [-0.25, -0.2) is 0 Å². The topological polar surface area (TPSA) is 50.8 Å². The van der Waals surface area contributed by atoms with Crippen molar-refractivity contribution in [1.82, 2.24) is 15.2 Å². The monoisotopic (exact) mass is 265 g/mol. The molecular formula is C16H15N3O. The van der Waals surface area contributed by atoms with Crippen molar-refractivity contribution in [2.24, 2.45) is 0 Å². The van der Waals surface area contributed by atoms with E-state index in [1.807, 2.05) is 36.5 Å². The van der Waals surface area contributed by atoms with Gasteiger partial charge in [0.2, 0.25) is 5.88 Å². The molecule has 0 fully saturated rings. The standard InChI is InChI=1S/C16H15N3O/c1-20-16-14(10-12-6-3-2-4-7-12)15(18-19-16)13-8-5-9-17-11-13/h2-9,11H,10H2,1H3,(H,18,19). The number of rotatable bonds is 4. The van der Waals surface area contributed by atoms with Crippen LogP contribution in [0.2, 0.25) is 0 Å². The Balaban J connectivity index is 2.02. The van der Waals surface area contributed by atoms with Gasteiger partial charge in [-0.2, -0.15) is 0 Å². The first-order valence-corrected chi connectivity index (χ1v) is 6.44. The van der Waals surface area contributed by atoms with Crippen LogP contribution in [0.1, 0.15) is 11.1 Å². The Morgan fingerprint density at radius 3 is 2.65 bits per heavy atom. The van der Waals surface area contributed by atoms with E-state index in [1.165, 1.54) is 5.56 Å². The summed E-state index contributed by atoms with van der Waals surface area (Å²) in [5.41, 5.74) is 4.23. The zero-order valence-corrected chi connectivity index (χ0v) is 11.2. The fraction of sp³-hybridized carbons (Fsp3) is 0.125. The van der Waals surface area contributed by atoms with Crippen molar-refractivity contribution in [2.45, 2.75) is 6.42 Å². The van der Waals surface area contributed by atoms with E-state index in [0.717, 1.165) is 23.2 Å². The van der Waals surface area contributed by atoms with E-state index >= 15 is 0 Å². The summed E-state index contributed by atoms with van der Waals surface area (Å²) >= 11 is 0. The summed E-state index contributed by atoms with van der Waals surface area (Å²) < 4.78 is 5.36. The lowest BCUT2D eigenvalue weighted by Crippen LogP contribution is -1.93. The summed E-state index contributed by atoms with van der Waals surface area (Å²) in [6.45, 7) is 0. The molecular weight excluding hydrogens is 250 g/mol. The molecule has 4 heteroatoms. The Kier molecular flexibility index (Phi) is 3.46. The van der Waals surface area contributed by atoms with Crippen molar-refractivity contribution in [3.8, 4) is 17.1 Å². The minimum Gasteiger partial charge on any atom is -0.480 e. The maximum Gasteiger partial charge on any atom is 0.236 e. The summed E-state index contributed by atoms with van der Waals surface area (Å²) in [4.78, 5) is 4.16. The maximum absolute atomic E-state index is 5.36. The molecule has 0 aliphatic rings. The molecule has 1 aromatic carbocycles. The molecule has 0 saturated heterocycles. The molecule has 3 aromatic rings. The number of methoxy groups -OCH3 is 1. The quantitative estimate of drug-likeness (QED) is 0.788. The van der Waals surface area contributed by atoms with Crippen LogP contribution >= 0.6 is 0 Å². The fourth-order valence-electron chi connectivity index (χ4n) is 2.23. The van der Waals surface area contributed by atoms with Crippen LogP contribution in [0.4, 0.5) is 0 Å².